The van der Waals surface area contributed by atoms with Crippen LogP contribution in [0.15, 0.2) is 164 Å². The molecule has 2 aliphatic carbocycles. The molecular formula is C52H46N4O. The number of allylic oxidation sites excluding steroid dienone is 3. The van der Waals surface area contributed by atoms with Gasteiger partial charge in [0.2, 0.25) is 0 Å². The molecule has 1 saturated heterocycles. The van der Waals surface area contributed by atoms with Gasteiger partial charge in [0.1, 0.15) is 5.75 Å². The Bertz CT molecular complexity index is 2480. The van der Waals surface area contributed by atoms with Gasteiger partial charge in [0.05, 0.1) is 17.9 Å². The van der Waals surface area contributed by atoms with E-state index in [9.17, 15) is 0 Å². The van der Waals surface area contributed by atoms with Gasteiger partial charge in [0.15, 0.2) is 6.23 Å². The van der Waals surface area contributed by atoms with Gasteiger partial charge in [-0.3, -0.25) is 16.0 Å². The third-order valence-corrected chi connectivity index (χ3v) is 12.7. The quantitative estimate of drug-likeness (QED) is 0.137. The molecule has 0 amide bonds. The Morgan fingerprint density at radius 3 is 2.02 bits per heavy atom. The van der Waals surface area contributed by atoms with E-state index in [2.05, 4.69) is 191 Å². The molecule has 6 atom stereocenters. The van der Waals surface area contributed by atoms with Gasteiger partial charge in [-0.05, 0) is 87.4 Å². The minimum absolute atomic E-state index is 0.0159. The molecule has 4 N–H and O–H groups in total. The second kappa shape index (κ2) is 14.5. The molecule has 0 aromatic heterocycles. The van der Waals surface area contributed by atoms with E-state index in [-0.39, 0.29) is 36.6 Å². The molecule has 3 aliphatic heterocycles. The molecule has 0 radical (unpaired) electrons. The summed E-state index contributed by atoms with van der Waals surface area (Å²) >= 11 is 0. The topological polar surface area (TPSA) is 57.4 Å². The van der Waals surface area contributed by atoms with Crippen molar-refractivity contribution >= 4 is 22.9 Å². The van der Waals surface area contributed by atoms with E-state index >= 15 is 0 Å². The van der Waals surface area contributed by atoms with Crippen molar-refractivity contribution in [3.05, 3.63) is 219 Å². The van der Waals surface area contributed by atoms with E-state index < -0.39 is 0 Å². The molecular weight excluding hydrogens is 697 g/mol. The first kappa shape index (κ1) is 34.3. The summed E-state index contributed by atoms with van der Waals surface area (Å²) in [5.74, 6) is 0.911. The smallest absolute Gasteiger partial charge is 0.196 e. The molecule has 5 nitrogen and oxygen atoms in total. The minimum atomic E-state index is -0.226. The van der Waals surface area contributed by atoms with Crippen molar-refractivity contribution in [3.8, 4) is 5.75 Å². The van der Waals surface area contributed by atoms with E-state index in [1.165, 1.54) is 61.2 Å². The summed E-state index contributed by atoms with van der Waals surface area (Å²) in [4.78, 5) is 0. The molecule has 6 aromatic carbocycles. The van der Waals surface area contributed by atoms with Gasteiger partial charge >= 0.3 is 0 Å². The predicted molar refractivity (Wildman–Crippen MR) is 231 cm³/mol. The van der Waals surface area contributed by atoms with Crippen LogP contribution in [-0.4, -0.2) is 6.04 Å². The summed E-state index contributed by atoms with van der Waals surface area (Å²) in [6.07, 6.45) is 13.2. The zero-order chi connectivity index (χ0) is 37.7. The van der Waals surface area contributed by atoms with Crippen LogP contribution in [0.3, 0.4) is 0 Å². The standard InChI is InChI=1S/C52H46N4O/c1-4-13-34(14-5-1)44-32-45(55-51(54-44)37-15-6-2-7-16-37)35-21-23-36(24-22-35)49-43-28-29-47-50(56-52(57-47)38-17-8-3-9-18-38)48(43)42-27-26-41(31-46(42)53-49)40-25-20-33-12-10-11-19-39(33)30-40/h1-10,12-18,20-30,44-46,49,51-56H,11,19,31-32H2. The van der Waals surface area contributed by atoms with Crippen LogP contribution in [0.25, 0.3) is 17.2 Å². The monoisotopic (exact) mass is 742 g/mol. The van der Waals surface area contributed by atoms with Crippen LogP contribution in [0.2, 0.25) is 0 Å². The molecule has 0 saturated carbocycles. The van der Waals surface area contributed by atoms with Crippen molar-refractivity contribution in [1.82, 2.24) is 16.0 Å². The van der Waals surface area contributed by atoms with Crippen LogP contribution in [0.4, 0.5) is 5.69 Å². The number of anilines is 1. The molecule has 3 heterocycles. The third kappa shape index (κ3) is 6.42. The fraction of sp³-hybridized carbons (Fsp3) is 0.192. The molecule has 5 heteroatoms. The van der Waals surface area contributed by atoms with Gasteiger partial charge in [0, 0.05) is 29.3 Å². The average molecular weight is 743 g/mol. The number of hydrogen-bond donors (Lipinski definition) is 4. The first-order valence-corrected chi connectivity index (χ1v) is 20.6. The van der Waals surface area contributed by atoms with Crippen LogP contribution < -0.4 is 26.0 Å². The molecule has 280 valence electrons. The summed E-state index contributed by atoms with van der Waals surface area (Å²) in [6, 6.07) is 53.6. The highest BCUT2D eigenvalue weighted by Gasteiger charge is 2.39. The second-order valence-electron chi connectivity index (χ2n) is 16.1. The maximum atomic E-state index is 6.60. The molecule has 6 unspecified atom stereocenters. The first-order valence-electron chi connectivity index (χ1n) is 20.6. The summed E-state index contributed by atoms with van der Waals surface area (Å²) in [7, 11) is 0. The largest absolute Gasteiger partial charge is 0.464 e. The number of benzene rings is 6. The van der Waals surface area contributed by atoms with E-state index in [0.29, 0.717) is 0 Å². The maximum absolute atomic E-state index is 6.60. The van der Waals surface area contributed by atoms with Gasteiger partial charge in [-0.2, -0.15) is 0 Å². The van der Waals surface area contributed by atoms with E-state index in [1.807, 2.05) is 0 Å². The van der Waals surface area contributed by atoms with Crippen molar-refractivity contribution in [3.63, 3.8) is 0 Å². The Morgan fingerprint density at radius 2 is 1.26 bits per heavy atom. The lowest BCUT2D eigenvalue weighted by molar-refractivity contribution is 0.247. The maximum Gasteiger partial charge on any atom is 0.196 e. The summed E-state index contributed by atoms with van der Waals surface area (Å²) in [5.41, 5.74) is 16.7. The summed E-state index contributed by atoms with van der Waals surface area (Å²) < 4.78 is 6.60. The lowest BCUT2D eigenvalue weighted by Crippen LogP contribution is -2.45. The van der Waals surface area contributed by atoms with Crippen LogP contribution in [-0.2, 0) is 6.42 Å². The number of aryl methyl sites for hydroxylation is 1. The Labute approximate surface area is 335 Å². The Balaban J connectivity index is 0.942. The number of hydrogen-bond acceptors (Lipinski definition) is 5. The molecule has 5 aliphatic rings. The lowest BCUT2D eigenvalue weighted by Gasteiger charge is -2.39. The molecule has 6 aromatic rings. The van der Waals surface area contributed by atoms with E-state index in [1.54, 1.807) is 0 Å². The van der Waals surface area contributed by atoms with Crippen molar-refractivity contribution in [1.29, 1.82) is 0 Å². The van der Waals surface area contributed by atoms with Crippen LogP contribution in [0.5, 0.6) is 5.75 Å². The van der Waals surface area contributed by atoms with Crippen molar-refractivity contribution in [2.45, 2.75) is 62.2 Å². The number of fused-ring (bicyclic) bond motifs is 6. The van der Waals surface area contributed by atoms with Crippen LogP contribution in [0.1, 0.15) is 105 Å². The number of ether oxygens (including phenoxy) is 1. The molecule has 0 bridgehead atoms. The van der Waals surface area contributed by atoms with E-state index in [4.69, 9.17) is 4.74 Å². The van der Waals surface area contributed by atoms with Crippen molar-refractivity contribution in [2.24, 2.45) is 0 Å². The van der Waals surface area contributed by atoms with Gasteiger partial charge in [-0.15, -0.1) is 0 Å². The summed E-state index contributed by atoms with van der Waals surface area (Å²) in [5, 5.41) is 15.8. The van der Waals surface area contributed by atoms with Gasteiger partial charge < -0.3 is 10.1 Å². The first-order chi connectivity index (χ1) is 28.2. The second-order valence-corrected chi connectivity index (χ2v) is 16.1. The van der Waals surface area contributed by atoms with E-state index in [0.717, 1.165) is 42.7 Å². The highest BCUT2D eigenvalue weighted by Crippen LogP contribution is 2.51. The highest BCUT2D eigenvalue weighted by molar-refractivity contribution is 5.91. The normalized spacial score (nSPS) is 24.4. The van der Waals surface area contributed by atoms with Gasteiger partial charge in [0.25, 0.3) is 0 Å². The number of rotatable bonds is 6. The van der Waals surface area contributed by atoms with Crippen LogP contribution in [0, 0.1) is 0 Å². The van der Waals surface area contributed by atoms with Crippen LogP contribution >= 0.6 is 0 Å². The fourth-order valence-corrected chi connectivity index (χ4v) is 9.72. The molecule has 0 spiro atoms. The predicted octanol–water partition coefficient (Wildman–Crippen LogP) is 11.1. The molecule has 11 rings (SSSR count). The number of nitrogens with one attached hydrogen (secondary N) is 4. The average Bonchev–Trinajstić information content (AvgIpc) is 3.74. The minimum Gasteiger partial charge on any atom is -0.464 e. The van der Waals surface area contributed by atoms with Crippen molar-refractivity contribution in [2.75, 3.05) is 5.32 Å². The Kier molecular flexibility index (Phi) is 8.73. The molecule has 57 heavy (non-hydrogen) atoms. The lowest BCUT2D eigenvalue weighted by atomic mass is 9.77. The summed E-state index contributed by atoms with van der Waals surface area (Å²) in [6.45, 7) is 0. The molecule has 1 fully saturated rings. The SMILES string of the molecule is C1=Cc2ccc(C3=CC=C4c5c(ccc6c5NC(c5ccccc5)O6)C(c5ccc(C6CC(c7ccccc7)NC(c7ccccc7)N6)cc5)NC4C3)cc2CC1. The fourth-order valence-electron chi connectivity index (χ4n) is 9.72. The third-order valence-electron chi connectivity index (χ3n) is 12.7. The zero-order valence-electron chi connectivity index (χ0n) is 31.9. The Hall–Kier alpha value is -5.98. The Morgan fingerprint density at radius 1 is 0.579 bits per heavy atom. The van der Waals surface area contributed by atoms with Crippen molar-refractivity contribution < 1.29 is 4.74 Å². The zero-order valence-corrected chi connectivity index (χ0v) is 31.9. The van der Waals surface area contributed by atoms with Gasteiger partial charge in [-0.1, -0.05) is 164 Å². The highest BCUT2D eigenvalue weighted by atomic mass is 16.5. The van der Waals surface area contributed by atoms with Gasteiger partial charge in [-0.25, -0.2) is 0 Å².